The summed E-state index contributed by atoms with van der Waals surface area (Å²) in [4.78, 5) is 11.9. The number of hydrogen-bond donors (Lipinski definition) is 2. The van der Waals surface area contributed by atoms with Crippen LogP contribution < -0.4 is 15.2 Å². The van der Waals surface area contributed by atoms with Crippen LogP contribution in [0.2, 0.25) is 0 Å². The van der Waals surface area contributed by atoms with Crippen molar-refractivity contribution in [2.45, 2.75) is 11.5 Å². The normalized spacial score (nSPS) is 11.3. The van der Waals surface area contributed by atoms with E-state index in [1.807, 2.05) is 0 Å². The Morgan fingerprint density at radius 3 is 2.48 bits per heavy atom. The van der Waals surface area contributed by atoms with Crippen molar-refractivity contribution < 1.29 is 26.7 Å². The van der Waals surface area contributed by atoms with Crippen LogP contribution in [0, 0.1) is 0 Å². The second-order valence-corrected chi connectivity index (χ2v) is 5.99. The molecule has 3 N–H and O–H groups in total. The number of halogens is 2. The molecule has 0 bridgehead atoms. The molecule has 2 rings (SSSR count). The minimum absolute atomic E-state index is 0.0733. The lowest BCUT2D eigenvalue weighted by atomic mass is 10.2. The lowest BCUT2D eigenvalue weighted by Crippen LogP contribution is -2.15. The van der Waals surface area contributed by atoms with Crippen LogP contribution in [0.1, 0.15) is 10.4 Å². The molecule has 9 heteroatoms. The van der Waals surface area contributed by atoms with Gasteiger partial charge < -0.3 is 10.1 Å². The van der Waals surface area contributed by atoms with E-state index in [1.165, 1.54) is 42.5 Å². The van der Waals surface area contributed by atoms with Crippen molar-refractivity contribution in [3.63, 3.8) is 0 Å². The standard InChI is InChI=1S/C14H12F2N2O4S/c15-14(16)22-11-5-1-3-9(7-11)13(19)18-10-4-2-6-12(8-10)23(17,20)21/h1-8,14H,(H,18,19)(H2,17,20,21). The van der Waals surface area contributed by atoms with Crippen molar-refractivity contribution in [3.8, 4) is 5.75 Å². The van der Waals surface area contributed by atoms with Gasteiger partial charge in [0.2, 0.25) is 10.0 Å². The van der Waals surface area contributed by atoms with Gasteiger partial charge in [0.05, 0.1) is 4.90 Å². The number of rotatable bonds is 5. The van der Waals surface area contributed by atoms with E-state index in [-0.39, 0.29) is 21.9 Å². The van der Waals surface area contributed by atoms with Gasteiger partial charge in [-0.3, -0.25) is 4.79 Å². The fourth-order valence-corrected chi connectivity index (χ4v) is 2.33. The number of alkyl halides is 2. The third-order valence-corrected chi connectivity index (χ3v) is 3.65. The van der Waals surface area contributed by atoms with E-state index in [4.69, 9.17) is 5.14 Å². The molecule has 0 spiro atoms. The summed E-state index contributed by atoms with van der Waals surface area (Å²) in [6, 6.07) is 10.5. The van der Waals surface area contributed by atoms with Gasteiger partial charge in [0, 0.05) is 11.3 Å². The number of anilines is 1. The SMILES string of the molecule is NS(=O)(=O)c1cccc(NC(=O)c2cccc(OC(F)F)c2)c1. The van der Waals surface area contributed by atoms with Crippen LogP contribution in [0.15, 0.2) is 53.4 Å². The minimum Gasteiger partial charge on any atom is -0.435 e. The summed E-state index contributed by atoms with van der Waals surface area (Å²) in [6.07, 6.45) is 0. The Morgan fingerprint density at radius 2 is 1.83 bits per heavy atom. The zero-order valence-electron chi connectivity index (χ0n) is 11.6. The highest BCUT2D eigenvalue weighted by Gasteiger charge is 2.12. The Labute approximate surface area is 130 Å². The number of hydrogen-bond acceptors (Lipinski definition) is 4. The average Bonchev–Trinajstić information content (AvgIpc) is 2.46. The zero-order chi connectivity index (χ0) is 17.0. The second-order valence-electron chi connectivity index (χ2n) is 4.43. The van der Waals surface area contributed by atoms with Gasteiger partial charge in [0.25, 0.3) is 5.91 Å². The summed E-state index contributed by atoms with van der Waals surface area (Å²) in [5.41, 5.74) is 0.269. The van der Waals surface area contributed by atoms with Gasteiger partial charge >= 0.3 is 6.61 Å². The molecular formula is C14H12F2N2O4S. The molecule has 2 aromatic rings. The minimum atomic E-state index is -3.90. The number of nitrogens with one attached hydrogen (secondary N) is 1. The molecule has 23 heavy (non-hydrogen) atoms. The smallest absolute Gasteiger partial charge is 0.387 e. The van der Waals surface area contributed by atoms with Crippen LogP contribution >= 0.6 is 0 Å². The molecule has 0 aliphatic heterocycles. The quantitative estimate of drug-likeness (QED) is 0.870. The van der Waals surface area contributed by atoms with Gasteiger partial charge in [-0.05, 0) is 36.4 Å². The average molecular weight is 342 g/mol. The van der Waals surface area contributed by atoms with E-state index in [0.717, 1.165) is 6.07 Å². The largest absolute Gasteiger partial charge is 0.435 e. The van der Waals surface area contributed by atoms with Crippen molar-refractivity contribution >= 4 is 21.6 Å². The number of nitrogens with two attached hydrogens (primary N) is 1. The molecule has 0 aromatic heterocycles. The fraction of sp³-hybridized carbons (Fsp3) is 0.0714. The third-order valence-electron chi connectivity index (χ3n) is 2.74. The first kappa shape index (κ1) is 16.8. The van der Waals surface area contributed by atoms with Crippen LogP contribution in [0.25, 0.3) is 0 Å². The molecular weight excluding hydrogens is 330 g/mol. The van der Waals surface area contributed by atoms with E-state index < -0.39 is 22.5 Å². The first-order valence-electron chi connectivity index (χ1n) is 6.25. The fourth-order valence-electron chi connectivity index (χ4n) is 1.77. The van der Waals surface area contributed by atoms with Crippen LogP contribution in [0.4, 0.5) is 14.5 Å². The van der Waals surface area contributed by atoms with Gasteiger partial charge in [0.1, 0.15) is 5.75 Å². The maximum absolute atomic E-state index is 12.2. The lowest BCUT2D eigenvalue weighted by molar-refractivity contribution is -0.0498. The van der Waals surface area contributed by atoms with Crippen molar-refractivity contribution in [1.82, 2.24) is 0 Å². The van der Waals surface area contributed by atoms with Gasteiger partial charge in [-0.15, -0.1) is 0 Å². The van der Waals surface area contributed by atoms with Crippen molar-refractivity contribution in [2.75, 3.05) is 5.32 Å². The number of primary sulfonamides is 1. The summed E-state index contributed by atoms with van der Waals surface area (Å²) in [5, 5.41) is 7.45. The molecule has 0 saturated carbocycles. The number of carbonyl (C=O) groups is 1. The van der Waals surface area contributed by atoms with Crippen LogP contribution in [-0.2, 0) is 10.0 Å². The van der Waals surface area contributed by atoms with Gasteiger partial charge in [-0.1, -0.05) is 12.1 Å². The Hall–Kier alpha value is -2.52. The van der Waals surface area contributed by atoms with Crippen molar-refractivity contribution in [3.05, 3.63) is 54.1 Å². The highest BCUT2D eigenvalue weighted by Crippen LogP contribution is 2.18. The number of ether oxygens (including phenoxy) is 1. The first-order valence-corrected chi connectivity index (χ1v) is 7.79. The van der Waals surface area contributed by atoms with Gasteiger partial charge in [0.15, 0.2) is 0 Å². The zero-order valence-corrected chi connectivity index (χ0v) is 12.4. The molecule has 0 aliphatic rings. The molecule has 0 saturated heterocycles. The molecule has 0 radical (unpaired) electrons. The number of amides is 1. The second kappa shape index (κ2) is 6.71. The summed E-state index contributed by atoms with van der Waals surface area (Å²) in [6.45, 7) is -3.00. The van der Waals surface area contributed by atoms with Crippen LogP contribution in [-0.4, -0.2) is 20.9 Å². The number of sulfonamides is 1. The highest BCUT2D eigenvalue weighted by molar-refractivity contribution is 7.89. The Bertz CT molecular complexity index is 825. The number of benzene rings is 2. The summed E-state index contributed by atoms with van der Waals surface area (Å²) in [7, 11) is -3.90. The molecule has 0 fully saturated rings. The highest BCUT2D eigenvalue weighted by atomic mass is 32.2. The summed E-state index contributed by atoms with van der Waals surface area (Å²) >= 11 is 0. The Balaban J connectivity index is 2.19. The van der Waals surface area contributed by atoms with Crippen molar-refractivity contribution in [2.24, 2.45) is 5.14 Å². The molecule has 1 amide bonds. The van der Waals surface area contributed by atoms with E-state index in [1.54, 1.807) is 0 Å². The first-order chi connectivity index (χ1) is 10.8. The van der Waals surface area contributed by atoms with E-state index in [0.29, 0.717) is 0 Å². The van der Waals surface area contributed by atoms with Gasteiger partial charge in [-0.25, -0.2) is 13.6 Å². The monoisotopic (exact) mass is 342 g/mol. The predicted molar refractivity (Wildman–Crippen MR) is 78.8 cm³/mol. The molecule has 2 aromatic carbocycles. The summed E-state index contributed by atoms with van der Waals surface area (Å²) in [5.74, 6) is -0.776. The van der Waals surface area contributed by atoms with E-state index in [2.05, 4.69) is 10.1 Å². The van der Waals surface area contributed by atoms with Crippen molar-refractivity contribution in [1.29, 1.82) is 0 Å². The molecule has 0 unspecified atom stereocenters. The number of carbonyl (C=O) groups excluding carboxylic acids is 1. The Morgan fingerprint density at radius 1 is 1.13 bits per heavy atom. The maximum Gasteiger partial charge on any atom is 0.387 e. The van der Waals surface area contributed by atoms with E-state index >= 15 is 0 Å². The molecule has 0 heterocycles. The third kappa shape index (κ3) is 4.73. The topological polar surface area (TPSA) is 98.5 Å². The lowest BCUT2D eigenvalue weighted by Gasteiger charge is -2.08. The maximum atomic E-state index is 12.2. The predicted octanol–water partition coefficient (Wildman–Crippen LogP) is 2.19. The van der Waals surface area contributed by atoms with Crippen LogP contribution in [0.3, 0.4) is 0 Å². The molecule has 0 atom stereocenters. The molecule has 122 valence electrons. The van der Waals surface area contributed by atoms with E-state index in [9.17, 15) is 22.0 Å². The Kier molecular flexibility index (Phi) is 4.92. The molecule has 0 aliphatic carbocycles. The summed E-state index contributed by atoms with van der Waals surface area (Å²) < 4.78 is 51.1. The van der Waals surface area contributed by atoms with Crippen LogP contribution in [0.5, 0.6) is 5.75 Å². The molecule has 6 nitrogen and oxygen atoms in total. The van der Waals surface area contributed by atoms with Gasteiger partial charge in [-0.2, -0.15) is 8.78 Å².